The van der Waals surface area contributed by atoms with E-state index in [0.717, 1.165) is 0 Å². The van der Waals surface area contributed by atoms with Gasteiger partial charge in [-0.05, 0) is 0 Å². The van der Waals surface area contributed by atoms with E-state index in [2.05, 4.69) is 18.7 Å². The zero-order chi connectivity index (χ0) is 6.53. The summed E-state index contributed by atoms with van der Waals surface area (Å²) in [6.07, 6.45) is 2.11. The van der Waals surface area contributed by atoms with Crippen molar-refractivity contribution in [3.05, 3.63) is 36.4 Å². The van der Waals surface area contributed by atoms with Gasteiger partial charge in [-0.15, -0.1) is 0 Å². The number of hydrogen-bond donors (Lipinski definition) is 0. The molecule has 0 aromatic heterocycles. The third-order valence-electron chi connectivity index (χ3n) is 1.06. The van der Waals surface area contributed by atoms with E-state index < -0.39 is 0 Å². The van der Waals surface area contributed by atoms with Crippen LogP contribution in [0.2, 0.25) is 0 Å². The zero-order valence-electron chi connectivity index (χ0n) is 4.92. The van der Waals surface area contributed by atoms with Crippen molar-refractivity contribution in [1.82, 2.24) is 0 Å². The number of hydrogen-bond acceptors (Lipinski definition) is 0. The van der Waals surface area contributed by atoms with Crippen molar-refractivity contribution in [2.24, 2.45) is 0 Å². The summed E-state index contributed by atoms with van der Waals surface area (Å²) < 4.78 is 2.09. The van der Waals surface area contributed by atoms with Crippen molar-refractivity contribution in [1.29, 1.82) is 0 Å². The molecule has 0 amide bonds. The molecular weight excluding hydrogens is 248 g/mol. The van der Waals surface area contributed by atoms with E-state index in [9.17, 15) is 0 Å². The first-order valence-electron chi connectivity index (χ1n) is 2.75. The molecule has 1 aromatic carbocycles. The molecule has 0 nitrogen and oxygen atoms in total. The second-order valence-electron chi connectivity index (χ2n) is 1.70. The molecule has 0 heterocycles. The Labute approximate surface area is 88.0 Å². The van der Waals surface area contributed by atoms with Crippen LogP contribution in [0.3, 0.4) is 0 Å². The van der Waals surface area contributed by atoms with Gasteiger partial charge < -0.3 is 0 Å². The van der Waals surface area contributed by atoms with Crippen LogP contribution in [0.4, 0.5) is 0 Å². The standard InChI is InChI=1S/C8H7.Eu/c1-2-8-6-4-3-5-7-8;/h1-7H;. The fourth-order valence-corrected chi connectivity index (χ4v) is 1.10. The molecule has 0 saturated carbocycles. The minimum atomic E-state index is 1.28. The van der Waals surface area contributed by atoms with Crippen LogP contribution in [-0.2, 0) is 0 Å². The van der Waals surface area contributed by atoms with Crippen molar-refractivity contribution >= 4 is 6.08 Å². The molecule has 0 bridgehead atoms. The summed E-state index contributed by atoms with van der Waals surface area (Å²) in [6.45, 7) is 0. The Morgan fingerprint density at radius 2 is 1.78 bits per heavy atom. The van der Waals surface area contributed by atoms with Gasteiger partial charge in [-0.1, -0.05) is 0 Å². The molecule has 1 rings (SSSR count). The van der Waals surface area contributed by atoms with E-state index in [0.29, 0.717) is 0 Å². The van der Waals surface area contributed by atoms with Gasteiger partial charge >= 0.3 is 89.5 Å². The van der Waals surface area contributed by atoms with Crippen molar-refractivity contribution in [2.75, 3.05) is 0 Å². The predicted molar refractivity (Wildman–Crippen MR) is 35.5 cm³/mol. The molecule has 0 aliphatic carbocycles. The fourth-order valence-electron chi connectivity index (χ4n) is 0.637. The molecule has 0 atom stereocenters. The topological polar surface area (TPSA) is 0 Å². The van der Waals surface area contributed by atoms with Crippen LogP contribution < -0.4 is 0 Å². The van der Waals surface area contributed by atoms with E-state index in [-0.39, 0.29) is 0 Å². The van der Waals surface area contributed by atoms with E-state index >= 15 is 0 Å². The molecule has 0 N–H and O–H groups in total. The Bertz CT molecular complexity index is 189. The molecule has 0 saturated heterocycles. The molecule has 9 heavy (non-hydrogen) atoms. The van der Waals surface area contributed by atoms with Crippen molar-refractivity contribution in [3.63, 3.8) is 0 Å². The second kappa shape index (κ2) is 4.37. The van der Waals surface area contributed by atoms with Gasteiger partial charge in [-0.2, -0.15) is 0 Å². The predicted octanol–water partition coefficient (Wildman–Crippen LogP) is 2.21. The Hall–Kier alpha value is 0.544. The summed E-state index contributed by atoms with van der Waals surface area (Å²) in [4.78, 5) is 0. The van der Waals surface area contributed by atoms with Gasteiger partial charge in [-0.3, -0.25) is 0 Å². The SMILES string of the molecule is [Eu][CH]=Cc1ccccc1. The number of benzene rings is 1. The molecule has 0 aliphatic rings. The second-order valence-corrected chi connectivity index (χ2v) is 2.51. The van der Waals surface area contributed by atoms with E-state index in [1.165, 1.54) is 5.56 Å². The quantitative estimate of drug-likeness (QED) is 0.721. The molecule has 1 aromatic rings. The van der Waals surface area contributed by atoms with Crippen LogP contribution in [0.15, 0.2) is 30.8 Å². The van der Waals surface area contributed by atoms with Crippen LogP contribution in [0, 0.1) is 47.0 Å². The van der Waals surface area contributed by atoms with Gasteiger partial charge in [0.2, 0.25) is 0 Å². The van der Waals surface area contributed by atoms with Gasteiger partial charge in [0.25, 0.3) is 0 Å². The molecule has 0 radical (unpaired) electrons. The summed E-state index contributed by atoms with van der Waals surface area (Å²) >= 11 is 1.67. The van der Waals surface area contributed by atoms with Crippen LogP contribution >= 0.6 is 0 Å². The third-order valence-corrected chi connectivity index (χ3v) is 1.46. The van der Waals surface area contributed by atoms with Gasteiger partial charge in [-0.25, -0.2) is 0 Å². The maximum absolute atomic E-state index is 2.11. The van der Waals surface area contributed by atoms with Crippen molar-refractivity contribution in [3.8, 4) is 0 Å². The van der Waals surface area contributed by atoms with E-state index in [1.807, 2.05) is 18.2 Å². The Kier molecular flexibility index (Phi) is 3.72. The summed E-state index contributed by atoms with van der Waals surface area (Å²) in [7, 11) is 0. The average molecular weight is 255 g/mol. The molecule has 46 valence electrons. The van der Waals surface area contributed by atoms with E-state index in [4.69, 9.17) is 0 Å². The van der Waals surface area contributed by atoms with Gasteiger partial charge in [0.1, 0.15) is 0 Å². The van der Waals surface area contributed by atoms with Crippen LogP contribution in [0.1, 0.15) is 5.56 Å². The van der Waals surface area contributed by atoms with Crippen molar-refractivity contribution < 1.29 is 47.0 Å². The summed E-state index contributed by atoms with van der Waals surface area (Å²) in [5.74, 6) is 0. The molecular formula is C8H7Eu. The zero-order valence-corrected chi connectivity index (χ0v) is 7.34. The molecule has 0 fully saturated rings. The van der Waals surface area contributed by atoms with Crippen molar-refractivity contribution in [2.45, 2.75) is 0 Å². The normalized spacial score (nSPS) is 10.3. The monoisotopic (exact) mass is 256 g/mol. The fraction of sp³-hybridized carbons (Fsp3) is 0. The summed E-state index contributed by atoms with van der Waals surface area (Å²) in [5.41, 5.74) is 1.28. The third kappa shape index (κ3) is 2.75. The molecule has 0 unspecified atom stereocenters. The van der Waals surface area contributed by atoms with E-state index in [1.54, 1.807) is 47.0 Å². The molecule has 0 aliphatic heterocycles. The van der Waals surface area contributed by atoms with Gasteiger partial charge in [0, 0.05) is 0 Å². The summed E-state index contributed by atoms with van der Waals surface area (Å²) in [6, 6.07) is 10.3. The van der Waals surface area contributed by atoms with Crippen LogP contribution in [0.25, 0.3) is 6.08 Å². The minimum absolute atomic E-state index is 1.28. The van der Waals surface area contributed by atoms with Gasteiger partial charge in [0.05, 0.1) is 0 Å². The number of rotatable bonds is 1. The molecule has 0 spiro atoms. The maximum atomic E-state index is 2.11. The van der Waals surface area contributed by atoms with Crippen LogP contribution in [-0.4, -0.2) is 0 Å². The average Bonchev–Trinajstić information content (AvgIpc) is 1.91. The first-order valence-corrected chi connectivity index (χ1v) is 4.15. The first-order chi connectivity index (χ1) is 4.43. The first kappa shape index (κ1) is 7.65. The summed E-state index contributed by atoms with van der Waals surface area (Å²) in [5, 5.41) is 0. The van der Waals surface area contributed by atoms with Gasteiger partial charge in [0.15, 0.2) is 0 Å². The molecule has 1 heteroatoms. The Balaban J connectivity index is 2.85. The van der Waals surface area contributed by atoms with Crippen LogP contribution in [0.5, 0.6) is 0 Å². The Morgan fingerprint density at radius 3 is 2.33 bits per heavy atom. The Morgan fingerprint density at radius 1 is 1.11 bits per heavy atom.